The monoisotopic (exact) mass is 319 g/mol. The van der Waals surface area contributed by atoms with Crippen LogP contribution in [0.3, 0.4) is 0 Å². The Hall–Kier alpha value is -0.470. The van der Waals surface area contributed by atoms with Crippen LogP contribution in [0.15, 0.2) is 11.0 Å². The van der Waals surface area contributed by atoms with Gasteiger partial charge in [-0.15, -0.1) is 11.3 Å². The average molecular weight is 319 g/mol. The molecule has 1 aromatic heterocycles. The Morgan fingerprint density at radius 2 is 2.05 bits per heavy atom. The van der Waals surface area contributed by atoms with Crippen molar-refractivity contribution in [1.82, 2.24) is 4.31 Å². The molecule has 0 aromatic carbocycles. The molecule has 7 heteroatoms. The third-order valence-electron chi connectivity index (χ3n) is 3.46. The number of aliphatic hydroxyl groups excluding tert-OH is 1. The highest BCUT2D eigenvalue weighted by Crippen LogP contribution is 2.29. The molecule has 1 aliphatic rings. The third kappa shape index (κ3) is 3.40. The van der Waals surface area contributed by atoms with Gasteiger partial charge < -0.3 is 9.84 Å². The predicted octanol–water partition coefficient (Wildman–Crippen LogP) is 1.53. The highest BCUT2D eigenvalue weighted by molar-refractivity contribution is 7.89. The summed E-state index contributed by atoms with van der Waals surface area (Å²) in [6.07, 6.45) is 1.42. The molecule has 1 saturated heterocycles. The van der Waals surface area contributed by atoms with Gasteiger partial charge in [-0.05, 0) is 32.8 Å². The minimum Gasteiger partial charge on any atom is -0.394 e. The molecule has 114 valence electrons. The van der Waals surface area contributed by atoms with Crippen LogP contribution in [-0.2, 0) is 14.8 Å². The highest BCUT2D eigenvalue weighted by Gasteiger charge is 2.31. The molecule has 0 unspecified atom stereocenters. The minimum absolute atomic E-state index is 0.00584. The summed E-state index contributed by atoms with van der Waals surface area (Å²) >= 11 is 1.51. The molecule has 0 spiro atoms. The summed E-state index contributed by atoms with van der Waals surface area (Å²) in [4.78, 5) is 2.30. The quantitative estimate of drug-likeness (QED) is 0.894. The van der Waals surface area contributed by atoms with E-state index in [1.165, 1.54) is 11.3 Å². The summed E-state index contributed by atoms with van der Waals surface area (Å²) in [5.74, 6) is 0. The Bertz CT molecular complexity index is 545. The molecule has 1 fully saturated rings. The maximum atomic E-state index is 12.6. The van der Waals surface area contributed by atoms with Crippen molar-refractivity contribution in [2.45, 2.75) is 37.7 Å². The Morgan fingerprint density at radius 1 is 1.40 bits per heavy atom. The number of ether oxygens (including phenoxy) is 1. The molecule has 0 aliphatic carbocycles. The lowest BCUT2D eigenvalue weighted by molar-refractivity contribution is 0.00318. The van der Waals surface area contributed by atoms with E-state index in [-0.39, 0.29) is 12.7 Å². The van der Waals surface area contributed by atoms with E-state index >= 15 is 0 Å². The van der Waals surface area contributed by atoms with Crippen LogP contribution in [0.25, 0.3) is 0 Å². The molecule has 2 heterocycles. The Labute approximate surface area is 124 Å². The molecule has 0 saturated carbocycles. The lowest BCUT2D eigenvalue weighted by Crippen LogP contribution is -2.41. The molecule has 0 atom stereocenters. The van der Waals surface area contributed by atoms with E-state index < -0.39 is 10.0 Å². The van der Waals surface area contributed by atoms with Crippen LogP contribution >= 0.6 is 11.3 Å². The van der Waals surface area contributed by atoms with Crippen molar-refractivity contribution in [1.29, 1.82) is 0 Å². The second-order valence-electron chi connectivity index (χ2n) is 4.98. The van der Waals surface area contributed by atoms with E-state index in [0.29, 0.717) is 37.4 Å². The number of piperidine rings is 1. The molecular weight excluding hydrogens is 298 g/mol. The van der Waals surface area contributed by atoms with E-state index in [4.69, 9.17) is 9.84 Å². The van der Waals surface area contributed by atoms with Crippen molar-refractivity contribution < 1.29 is 18.3 Å². The molecule has 0 amide bonds. The van der Waals surface area contributed by atoms with E-state index in [1.807, 2.05) is 13.8 Å². The van der Waals surface area contributed by atoms with E-state index in [2.05, 4.69) is 0 Å². The van der Waals surface area contributed by atoms with Crippen molar-refractivity contribution in [3.8, 4) is 0 Å². The SMILES string of the molecule is Cc1cc(S(=O)(=O)N2CCC(OCCO)CC2)c(C)s1. The second-order valence-corrected chi connectivity index (χ2v) is 8.34. The molecule has 1 aromatic rings. The number of thiophene rings is 1. The number of hydrogen-bond donors (Lipinski definition) is 1. The van der Waals surface area contributed by atoms with Crippen LogP contribution in [0.2, 0.25) is 0 Å². The van der Waals surface area contributed by atoms with Gasteiger partial charge in [0.15, 0.2) is 0 Å². The first-order chi connectivity index (χ1) is 9.45. The highest BCUT2D eigenvalue weighted by atomic mass is 32.2. The number of hydrogen-bond acceptors (Lipinski definition) is 5. The van der Waals surface area contributed by atoms with Crippen molar-refractivity contribution in [2.24, 2.45) is 0 Å². The molecule has 1 aliphatic heterocycles. The number of aliphatic hydroxyl groups is 1. The molecule has 0 radical (unpaired) electrons. The van der Waals surface area contributed by atoms with Gasteiger partial charge in [-0.1, -0.05) is 0 Å². The molecule has 5 nitrogen and oxygen atoms in total. The standard InChI is InChI=1S/C13H21NO4S2/c1-10-9-13(11(2)19-10)20(16,17)14-5-3-12(4-6-14)18-8-7-15/h9,12,15H,3-8H2,1-2H3. The van der Waals surface area contributed by atoms with Gasteiger partial charge in [-0.25, -0.2) is 8.42 Å². The number of sulfonamides is 1. The summed E-state index contributed by atoms with van der Waals surface area (Å²) in [6.45, 7) is 5.05. The van der Waals surface area contributed by atoms with Crippen molar-refractivity contribution >= 4 is 21.4 Å². The van der Waals surface area contributed by atoms with Gasteiger partial charge in [-0.3, -0.25) is 0 Å². The maximum absolute atomic E-state index is 12.6. The van der Waals surface area contributed by atoms with Crippen LogP contribution in [0, 0.1) is 13.8 Å². The second kappa shape index (κ2) is 6.53. The van der Waals surface area contributed by atoms with E-state index in [0.717, 1.165) is 9.75 Å². The zero-order valence-electron chi connectivity index (χ0n) is 11.8. The topological polar surface area (TPSA) is 66.8 Å². The fraction of sp³-hybridized carbons (Fsp3) is 0.692. The molecule has 1 N–H and O–H groups in total. The third-order valence-corrected chi connectivity index (χ3v) is 6.58. The molecule has 0 bridgehead atoms. The van der Waals surface area contributed by atoms with Gasteiger partial charge in [0.25, 0.3) is 0 Å². The fourth-order valence-corrected chi connectivity index (χ4v) is 5.45. The zero-order chi connectivity index (χ0) is 14.8. The van der Waals surface area contributed by atoms with Gasteiger partial charge in [0.05, 0.1) is 24.2 Å². The number of aryl methyl sites for hydroxylation is 2. The summed E-state index contributed by atoms with van der Waals surface area (Å²) < 4.78 is 32.2. The number of rotatable bonds is 5. The Kier molecular flexibility index (Phi) is 5.19. The van der Waals surface area contributed by atoms with Gasteiger partial charge in [0.2, 0.25) is 10.0 Å². The van der Waals surface area contributed by atoms with Crippen LogP contribution in [0.5, 0.6) is 0 Å². The average Bonchev–Trinajstić information content (AvgIpc) is 2.76. The largest absolute Gasteiger partial charge is 0.394 e. The Balaban J connectivity index is 2.04. The lowest BCUT2D eigenvalue weighted by Gasteiger charge is -2.31. The fourth-order valence-electron chi connectivity index (χ4n) is 2.46. The molecular formula is C13H21NO4S2. The lowest BCUT2D eigenvalue weighted by atomic mass is 10.1. The summed E-state index contributed by atoms with van der Waals surface area (Å²) in [5.41, 5.74) is 0. The Morgan fingerprint density at radius 3 is 2.55 bits per heavy atom. The first-order valence-electron chi connectivity index (χ1n) is 6.75. The first-order valence-corrected chi connectivity index (χ1v) is 9.00. The first kappa shape index (κ1) is 15.9. The van der Waals surface area contributed by atoms with Gasteiger partial charge in [-0.2, -0.15) is 4.31 Å². The predicted molar refractivity (Wildman–Crippen MR) is 78.6 cm³/mol. The van der Waals surface area contributed by atoms with Crippen molar-refractivity contribution in [2.75, 3.05) is 26.3 Å². The van der Waals surface area contributed by atoms with Crippen LogP contribution in [0.1, 0.15) is 22.6 Å². The van der Waals surface area contributed by atoms with Gasteiger partial charge >= 0.3 is 0 Å². The van der Waals surface area contributed by atoms with Crippen LogP contribution in [-0.4, -0.2) is 50.2 Å². The van der Waals surface area contributed by atoms with Crippen molar-refractivity contribution in [3.05, 3.63) is 15.8 Å². The normalized spacial score (nSPS) is 18.6. The van der Waals surface area contributed by atoms with Crippen LogP contribution < -0.4 is 0 Å². The summed E-state index contributed by atoms with van der Waals surface area (Å²) in [7, 11) is -3.38. The molecule has 2 rings (SSSR count). The van der Waals surface area contributed by atoms with E-state index in [1.54, 1.807) is 10.4 Å². The minimum atomic E-state index is -3.38. The van der Waals surface area contributed by atoms with Crippen molar-refractivity contribution in [3.63, 3.8) is 0 Å². The maximum Gasteiger partial charge on any atom is 0.244 e. The van der Waals surface area contributed by atoms with Crippen LogP contribution in [0.4, 0.5) is 0 Å². The summed E-state index contributed by atoms with van der Waals surface area (Å²) in [6, 6.07) is 1.75. The zero-order valence-corrected chi connectivity index (χ0v) is 13.5. The molecule has 20 heavy (non-hydrogen) atoms. The summed E-state index contributed by atoms with van der Waals surface area (Å²) in [5, 5.41) is 8.73. The van der Waals surface area contributed by atoms with E-state index in [9.17, 15) is 8.42 Å². The van der Waals surface area contributed by atoms with Gasteiger partial charge in [0.1, 0.15) is 0 Å². The number of nitrogens with zero attached hydrogens (tertiary/aromatic N) is 1. The smallest absolute Gasteiger partial charge is 0.244 e. The van der Waals surface area contributed by atoms with Gasteiger partial charge in [0, 0.05) is 22.8 Å².